The quantitative estimate of drug-likeness (QED) is 0.747. The highest BCUT2D eigenvalue weighted by atomic mass is 79.9. The van der Waals surface area contributed by atoms with Crippen LogP contribution in [0, 0.1) is 11.2 Å². The Morgan fingerprint density at radius 3 is 2.41 bits per heavy atom. The third kappa shape index (κ3) is 3.29. The van der Waals surface area contributed by atoms with Crippen LogP contribution in [0.3, 0.4) is 0 Å². The van der Waals surface area contributed by atoms with Gasteiger partial charge in [0.05, 0.1) is 0 Å². The zero-order valence-electron chi connectivity index (χ0n) is 10.3. The van der Waals surface area contributed by atoms with Gasteiger partial charge < -0.3 is 4.90 Å². The summed E-state index contributed by atoms with van der Waals surface area (Å²) in [5.41, 5.74) is 1.66. The molecule has 1 nitrogen and oxygen atoms in total. The average molecular weight is 300 g/mol. The Kier molecular flexibility index (Phi) is 4.21. The van der Waals surface area contributed by atoms with Gasteiger partial charge in [0, 0.05) is 18.4 Å². The van der Waals surface area contributed by atoms with Crippen LogP contribution in [0.5, 0.6) is 0 Å². The molecule has 1 aromatic carbocycles. The van der Waals surface area contributed by atoms with Crippen molar-refractivity contribution in [2.45, 2.75) is 25.8 Å². The Morgan fingerprint density at radius 2 is 1.94 bits per heavy atom. The molecule has 0 radical (unpaired) electrons. The van der Waals surface area contributed by atoms with E-state index in [0.717, 1.165) is 18.4 Å². The minimum atomic E-state index is -0.160. The first-order valence-electron chi connectivity index (χ1n) is 6.13. The van der Waals surface area contributed by atoms with Gasteiger partial charge in [0.25, 0.3) is 0 Å². The summed E-state index contributed by atoms with van der Waals surface area (Å²) in [5, 5.41) is 1.09. The van der Waals surface area contributed by atoms with E-state index in [-0.39, 0.29) is 5.82 Å². The molecule has 0 saturated heterocycles. The lowest BCUT2D eigenvalue weighted by molar-refractivity contribution is 0.102. The van der Waals surface area contributed by atoms with E-state index >= 15 is 0 Å². The number of hydrogen-bond donors (Lipinski definition) is 0. The highest BCUT2D eigenvalue weighted by Crippen LogP contribution is 2.42. The predicted octanol–water partition coefficient (Wildman–Crippen LogP) is 3.82. The second-order valence-corrected chi connectivity index (χ2v) is 5.85. The van der Waals surface area contributed by atoms with Gasteiger partial charge in [-0.2, -0.15) is 0 Å². The second kappa shape index (κ2) is 5.49. The van der Waals surface area contributed by atoms with Crippen molar-refractivity contribution in [3.63, 3.8) is 0 Å². The second-order valence-electron chi connectivity index (χ2n) is 5.29. The maximum absolute atomic E-state index is 12.8. The van der Waals surface area contributed by atoms with Crippen LogP contribution in [-0.2, 0) is 6.54 Å². The average Bonchev–Trinajstić information content (AvgIpc) is 2.27. The third-order valence-corrected chi connectivity index (χ3v) is 4.86. The number of rotatable bonds is 5. The molecule has 1 aromatic rings. The molecule has 1 fully saturated rings. The van der Waals surface area contributed by atoms with E-state index in [1.165, 1.54) is 37.0 Å². The molecule has 0 atom stereocenters. The van der Waals surface area contributed by atoms with E-state index in [4.69, 9.17) is 0 Å². The molecule has 1 aliphatic rings. The number of benzene rings is 1. The largest absolute Gasteiger partial charge is 0.302 e. The molecule has 3 heteroatoms. The van der Waals surface area contributed by atoms with E-state index in [1.807, 2.05) is 12.1 Å². The maximum Gasteiger partial charge on any atom is 0.123 e. The summed E-state index contributed by atoms with van der Waals surface area (Å²) in [6, 6.07) is 6.81. The van der Waals surface area contributed by atoms with Crippen LogP contribution in [0.25, 0.3) is 0 Å². The van der Waals surface area contributed by atoms with Crippen molar-refractivity contribution in [2.24, 2.45) is 5.41 Å². The van der Waals surface area contributed by atoms with Crippen molar-refractivity contribution in [2.75, 3.05) is 18.9 Å². The molecule has 94 valence electrons. The van der Waals surface area contributed by atoms with Crippen LogP contribution in [0.15, 0.2) is 24.3 Å². The molecule has 0 heterocycles. The SMILES string of the molecule is CN(Cc1ccc(F)cc1)CC1(CBr)CCC1. The Balaban J connectivity index is 1.88. The molecule has 2 rings (SSSR count). The van der Waals surface area contributed by atoms with Crippen LogP contribution in [0.4, 0.5) is 4.39 Å². The fourth-order valence-electron chi connectivity index (χ4n) is 2.54. The molecule has 0 amide bonds. The molecule has 0 aromatic heterocycles. The summed E-state index contributed by atoms with van der Waals surface area (Å²) < 4.78 is 12.8. The molecular formula is C14H19BrFN. The lowest BCUT2D eigenvalue weighted by atomic mass is 9.70. The minimum absolute atomic E-state index is 0.160. The van der Waals surface area contributed by atoms with Gasteiger partial charge in [-0.1, -0.05) is 34.5 Å². The van der Waals surface area contributed by atoms with Gasteiger partial charge in [0.1, 0.15) is 5.82 Å². The van der Waals surface area contributed by atoms with Crippen LogP contribution < -0.4 is 0 Å². The minimum Gasteiger partial charge on any atom is -0.302 e. The summed E-state index contributed by atoms with van der Waals surface area (Å²) >= 11 is 3.63. The molecule has 0 N–H and O–H groups in total. The molecule has 17 heavy (non-hydrogen) atoms. The smallest absolute Gasteiger partial charge is 0.123 e. The van der Waals surface area contributed by atoms with Crippen molar-refractivity contribution in [1.82, 2.24) is 4.90 Å². The van der Waals surface area contributed by atoms with Crippen molar-refractivity contribution >= 4 is 15.9 Å². The summed E-state index contributed by atoms with van der Waals surface area (Å²) in [6.07, 6.45) is 4.01. The van der Waals surface area contributed by atoms with Gasteiger partial charge in [0.15, 0.2) is 0 Å². The zero-order valence-corrected chi connectivity index (χ0v) is 11.8. The number of nitrogens with zero attached hydrogens (tertiary/aromatic N) is 1. The van der Waals surface area contributed by atoms with Gasteiger partial charge in [-0.3, -0.25) is 0 Å². The molecule has 1 saturated carbocycles. The fraction of sp³-hybridized carbons (Fsp3) is 0.571. The van der Waals surface area contributed by atoms with Crippen LogP contribution in [0.2, 0.25) is 0 Å². The zero-order chi connectivity index (χ0) is 12.3. The maximum atomic E-state index is 12.8. The Bertz CT molecular complexity index is 353. The van der Waals surface area contributed by atoms with E-state index in [9.17, 15) is 4.39 Å². The van der Waals surface area contributed by atoms with Crippen molar-refractivity contribution < 1.29 is 4.39 Å². The number of halogens is 2. The lowest BCUT2D eigenvalue weighted by Gasteiger charge is -2.43. The van der Waals surface area contributed by atoms with Crippen molar-refractivity contribution in [3.05, 3.63) is 35.6 Å². The van der Waals surface area contributed by atoms with Crippen molar-refractivity contribution in [3.8, 4) is 0 Å². The molecular weight excluding hydrogens is 281 g/mol. The Hall–Kier alpha value is -0.410. The monoisotopic (exact) mass is 299 g/mol. The third-order valence-electron chi connectivity index (χ3n) is 3.67. The highest BCUT2D eigenvalue weighted by Gasteiger charge is 2.36. The summed E-state index contributed by atoms with van der Waals surface area (Å²) in [4.78, 5) is 2.34. The predicted molar refractivity (Wildman–Crippen MR) is 72.8 cm³/mol. The van der Waals surface area contributed by atoms with Crippen LogP contribution in [0.1, 0.15) is 24.8 Å². The molecule has 1 aliphatic carbocycles. The Morgan fingerprint density at radius 1 is 1.29 bits per heavy atom. The molecule has 0 aliphatic heterocycles. The molecule has 0 spiro atoms. The van der Waals surface area contributed by atoms with Gasteiger partial charge in [0.2, 0.25) is 0 Å². The summed E-state index contributed by atoms with van der Waals surface area (Å²) in [7, 11) is 2.14. The van der Waals surface area contributed by atoms with Gasteiger partial charge in [-0.15, -0.1) is 0 Å². The molecule has 0 unspecified atom stereocenters. The topological polar surface area (TPSA) is 3.24 Å². The van der Waals surface area contributed by atoms with Gasteiger partial charge >= 0.3 is 0 Å². The van der Waals surface area contributed by atoms with E-state index in [1.54, 1.807) is 0 Å². The van der Waals surface area contributed by atoms with E-state index in [2.05, 4.69) is 27.9 Å². The normalized spacial score (nSPS) is 18.1. The van der Waals surface area contributed by atoms with E-state index < -0.39 is 0 Å². The lowest BCUT2D eigenvalue weighted by Crippen LogP contribution is -2.41. The summed E-state index contributed by atoms with van der Waals surface area (Å²) in [6.45, 7) is 2.02. The highest BCUT2D eigenvalue weighted by molar-refractivity contribution is 9.09. The van der Waals surface area contributed by atoms with Gasteiger partial charge in [-0.05, 0) is 43.0 Å². The van der Waals surface area contributed by atoms with E-state index in [0.29, 0.717) is 5.41 Å². The fourth-order valence-corrected chi connectivity index (χ4v) is 3.28. The summed E-state index contributed by atoms with van der Waals surface area (Å²) in [5.74, 6) is -0.160. The Labute approximate surface area is 111 Å². The first kappa shape index (κ1) is 13.0. The number of alkyl halides is 1. The van der Waals surface area contributed by atoms with Crippen LogP contribution in [-0.4, -0.2) is 23.8 Å². The van der Waals surface area contributed by atoms with Crippen LogP contribution >= 0.6 is 15.9 Å². The first-order valence-corrected chi connectivity index (χ1v) is 7.25. The van der Waals surface area contributed by atoms with Crippen molar-refractivity contribution in [1.29, 1.82) is 0 Å². The first-order chi connectivity index (χ1) is 8.13. The molecule has 0 bridgehead atoms. The number of hydrogen-bond acceptors (Lipinski definition) is 1. The standard InChI is InChI=1S/C14H19BrFN/c1-17(11-14(10-15)7-2-8-14)9-12-3-5-13(16)6-4-12/h3-6H,2,7-11H2,1H3. The van der Waals surface area contributed by atoms with Gasteiger partial charge in [-0.25, -0.2) is 4.39 Å².